The third kappa shape index (κ3) is 7.67. The first-order chi connectivity index (χ1) is 14.7. The molecular formula is C22H32N4O5. The van der Waals surface area contributed by atoms with Crippen LogP contribution >= 0.6 is 0 Å². The van der Waals surface area contributed by atoms with Crippen LogP contribution in [0.5, 0.6) is 5.75 Å². The van der Waals surface area contributed by atoms with Crippen molar-refractivity contribution < 1.29 is 24.1 Å². The second kappa shape index (κ2) is 11.5. The lowest BCUT2D eigenvalue weighted by Gasteiger charge is -2.30. The zero-order valence-electron chi connectivity index (χ0n) is 18.6. The predicted octanol–water partition coefficient (Wildman–Crippen LogP) is 3.21. The van der Waals surface area contributed by atoms with E-state index in [1.807, 2.05) is 52.0 Å². The van der Waals surface area contributed by atoms with Gasteiger partial charge in [0.25, 0.3) is 0 Å². The Labute approximate surface area is 182 Å². The molecule has 0 aliphatic heterocycles. The highest BCUT2D eigenvalue weighted by Crippen LogP contribution is 2.31. The van der Waals surface area contributed by atoms with E-state index in [4.69, 9.17) is 14.5 Å². The summed E-state index contributed by atoms with van der Waals surface area (Å²) in [6, 6.07) is 7.34. The molecule has 0 spiro atoms. The minimum absolute atomic E-state index is 0.116. The summed E-state index contributed by atoms with van der Waals surface area (Å²) < 4.78 is 10.3. The van der Waals surface area contributed by atoms with Crippen molar-refractivity contribution in [2.24, 2.45) is 11.3 Å². The maximum absolute atomic E-state index is 13.0. The number of ether oxygens (including phenoxy) is 1. The van der Waals surface area contributed by atoms with Crippen molar-refractivity contribution in [2.45, 2.75) is 59.4 Å². The van der Waals surface area contributed by atoms with Gasteiger partial charge in [0, 0.05) is 12.3 Å². The number of hydroxylamine groups is 1. The molecule has 1 heterocycles. The van der Waals surface area contributed by atoms with Crippen LogP contribution in [0.25, 0.3) is 0 Å². The SMILES string of the molecule is CCOc1ccc(CCCC(CC(=O)NO)C(=O)N[C@H](c2ncon2)C(C)(C)C)cc1. The molecule has 0 saturated heterocycles. The van der Waals surface area contributed by atoms with Crippen molar-refractivity contribution in [3.63, 3.8) is 0 Å². The first-order valence-corrected chi connectivity index (χ1v) is 10.5. The van der Waals surface area contributed by atoms with Gasteiger partial charge in [-0.25, -0.2) is 5.48 Å². The molecule has 3 N–H and O–H groups in total. The summed E-state index contributed by atoms with van der Waals surface area (Å²) in [6.07, 6.45) is 3.04. The molecule has 0 aliphatic rings. The highest BCUT2D eigenvalue weighted by molar-refractivity contribution is 5.85. The molecule has 31 heavy (non-hydrogen) atoms. The number of carbonyl (C=O) groups is 2. The zero-order valence-corrected chi connectivity index (χ0v) is 18.6. The minimum atomic E-state index is -0.605. The smallest absolute Gasteiger partial charge is 0.244 e. The molecule has 0 aliphatic carbocycles. The molecule has 2 rings (SSSR count). The van der Waals surface area contributed by atoms with Gasteiger partial charge in [0.05, 0.1) is 12.6 Å². The van der Waals surface area contributed by atoms with Gasteiger partial charge in [-0.1, -0.05) is 38.1 Å². The average Bonchev–Trinajstić information content (AvgIpc) is 3.25. The van der Waals surface area contributed by atoms with Crippen molar-refractivity contribution in [2.75, 3.05) is 6.61 Å². The highest BCUT2D eigenvalue weighted by atomic mass is 16.5. The number of carbonyl (C=O) groups excluding carboxylic acids is 2. The van der Waals surface area contributed by atoms with E-state index < -0.39 is 17.9 Å². The van der Waals surface area contributed by atoms with Crippen molar-refractivity contribution in [3.05, 3.63) is 42.0 Å². The van der Waals surface area contributed by atoms with Crippen LogP contribution in [-0.2, 0) is 16.0 Å². The summed E-state index contributed by atoms with van der Waals surface area (Å²) in [6.45, 7) is 8.41. The van der Waals surface area contributed by atoms with Crippen molar-refractivity contribution in [1.82, 2.24) is 20.9 Å². The van der Waals surface area contributed by atoms with Crippen LogP contribution < -0.4 is 15.5 Å². The molecule has 1 aromatic carbocycles. The van der Waals surface area contributed by atoms with Crippen molar-refractivity contribution in [1.29, 1.82) is 0 Å². The molecule has 9 heteroatoms. The summed E-state index contributed by atoms with van der Waals surface area (Å²) in [4.78, 5) is 28.9. The Morgan fingerprint density at radius 2 is 1.94 bits per heavy atom. The lowest BCUT2D eigenvalue weighted by Crippen LogP contribution is -2.41. The zero-order chi connectivity index (χ0) is 22.9. The van der Waals surface area contributed by atoms with Gasteiger partial charge in [0.2, 0.25) is 18.2 Å². The largest absolute Gasteiger partial charge is 0.494 e. The van der Waals surface area contributed by atoms with E-state index in [1.165, 1.54) is 6.39 Å². The van der Waals surface area contributed by atoms with Gasteiger partial charge in [0.1, 0.15) is 5.75 Å². The van der Waals surface area contributed by atoms with Crippen LogP contribution in [0.15, 0.2) is 35.2 Å². The summed E-state index contributed by atoms with van der Waals surface area (Å²) in [5.41, 5.74) is 2.36. The Kier molecular flexibility index (Phi) is 8.99. The average molecular weight is 433 g/mol. The molecule has 0 fully saturated rings. The lowest BCUT2D eigenvalue weighted by atomic mass is 9.85. The van der Waals surface area contributed by atoms with Crippen LogP contribution in [0.4, 0.5) is 0 Å². The van der Waals surface area contributed by atoms with Crippen molar-refractivity contribution >= 4 is 11.8 Å². The number of nitrogens with zero attached hydrogens (tertiary/aromatic N) is 2. The van der Waals surface area contributed by atoms with Crippen molar-refractivity contribution in [3.8, 4) is 5.75 Å². The first kappa shape index (κ1) is 24.3. The van der Waals surface area contributed by atoms with Crippen LogP contribution in [0.1, 0.15) is 64.4 Å². The molecule has 0 bridgehead atoms. The number of nitrogens with one attached hydrogen (secondary N) is 2. The van der Waals surface area contributed by atoms with Gasteiger partial charge in [-0.05, 0) is 49.3 Å². The molecule has 1 unspecified atom stereocenters. The molecule has 0 saturated carbocycles. The molecule has 2 atom stereocenters. The number of rotatable bonds is 11. The number of hydrogen-bond acceptors (Lipinski definition) is 7. The lowest BCUT2D eigenvalue weighted by molar-refractivity contribution is -0.135. The van der Waals surface area contributed by atoms with E-state index in [0.717, 1.165) is 17.7 Å². The van der Waals surface area contributed by atoms with Crippen LogP contribution in [-0.4, -0.2) is 33.8 Å². The topological polar surface area (TPSA) is 127 Å². The Bertz CT molecular complexity index is 815. The Hall–Kier alpha value is -2.94. The Balaban J connectivity index is 2.02. The van der Waals surface area contributed by atoms with Crippen LogP contribution in [0, 0.1) is 11.3 Å². The summed E-state index contributed by atoms with van der Waals surface area (Å²) >= 11 is 0. The second-order valence-electron chi connectivity index (χ2n) is 8.50. The standard InChI is InChI=1S/C22H32N4O5/c1-5-30-17-11-9-15(10-12-17)7-6-8-16(13-18(27)25-29)21(28)24-19(22(2,3)4)20-23-14-31-26-20/h9-12,14,16,19,29H,5-8,13H2,1-4H3,(H,24,28)(H,25,27)/t16?,19-/m1/s1. The van der Waals surface area contributed by atoms with E-state index in [2.05, 4.69) is 15.5 Å². The van der Waals surface area contributed by atoms with Gasteiger partial charge in [-0.2, -0.15) is 4.98 Å². The molecule has 2 aromatic rings. The third-order valence-electron chi connectivity index (χ3n) is 4.97. The van der Waals surface area contributed by atoms with Crippen LogP contribution in [0.2, 0.25) is 0 Å². The fourth-order valence-corrected chi connectivity index (χ4v) is 3.30. The first-order valence-electron chi connectivity index (χ1n) is 10.5. The Morgan fingerprint density at radius 3 is 2.48 bits per heavy atom. The maximum atomic E-state index is 13.0. The van der Waals surface area contributed by atoms with E-state index in [0.29, 0.717) is 25.3 Å². The molecule has 0 radical (unpaired) electrons. The summed E-state index contributed by atoms with van der Waals surface area (Å²) in [7, 11) is 0. The van der Waals surface area contributed by atoms with E-state index in [-0.39, 0.29) is 17.7 Å². The van der Waals surface area contributed by atoms with E-state index in [1.54, 1.807) is 5.48 Å². The fourth-order valence-electron chi connectivity index (χ4n) is 3.30. The highest BCUT2D eigenvalue weighted by Gasteiger charge is 2.33. The summed E-state index contributed by atoms with van der Waals surface area (Å²) in [5, 5.41) is 15.7. The van der Waals surface area contributed by atoms with E-state index >= 15 is 0 Å². The third-order valence-corrected chi connectivity index (χ3v) is 4.97. The Morgan fingerprint density at radius 1 is 1.23 bits per heavy atom. The second-order valence-corrected chi connectivity index (χ2v) is 8.50. The predicted molar refractivity (Wildman–Crippen MR) is 113 cm³/mol. The molecule has 170 valence electrons. The molecule has 9 nitrogen and oxygen atoms in total. The van der Waals surface area contributed by atoms with Gasteiger partial charge < -0.3 is 14.6 Å². The minimum Gasteiger partial charge on any atom is -0.494 e. The van der Waals surface area contributed by atoms with Gasteiger partial charge in [-0.3, -0.25) is 14.8 Å². The molecular weight excluding hydrogens is 400 g/mol. The number of hydrogen-bond donors (Lipinski definition) is 3. The quantitative estimate of drug-likeness (QED) is 0.367. The summed E-state index contributed by atoms with van der Waals surface area (Å²) in [5.74, 6) is -0.307. The fraction of sp³-hybridized carbons (Fsp3) is 0.545. The molecule has 1 aromatic heterocycles. The van der Waals surface area contributed by atoms with Crippen LogP contribution in [0.3, 0.4) is 0 Å². The van der Waals surface area contributed by atoms with Gasteiger partial charge in [0.15, 0.2) is 5.82 Å². The van der Waals surface area contributed by atoms with Gasteiger partial charge in [-0.15, -0.1) is 0 Å². The number of aryl methyl sites for hydroxylation is 1. The number of benzene rings is 1. The number of aromatic nitrogens is 2. The number of amides is 2. The van der Waals surface area contributed by atoms with E-state index in [9.17, 15) is 9.59 Å². The monoisotopic (exact) mass is 432 g/mol. The van der Waals surface area contributed by atoms with Gasteiger partial charge >= 0.3 is 0 Å². The maximum Gasteiger partial charge on any atom is 0.244 e. The normalized spacial score (nSPS) is 13.3. The molecule has 2 amide bonds.